The predicted octanol–water partition coefficient (Wildman–Crippen LogP) is 7.46. The number of hydrogen-bond donors (Lipinski definition) is 0. The van der Waals surface area contributed by atoms with Gasteiger partial charge in [-0.1, -0.05) is 76.9 Å². The fourth-order valence-electron chi connectivity index (χ4n) is 6.19. The SMILES string of the molecule is CCCC1(CCC)C(Oc2ccccc2)=CC2(C=C1Oc1ccccc1)CCN(CCCN(CC)CC)C2=O. The van der Waals surface area contributed by atoms with E-state index in [0.717, 1.165) is 94.3 Å². The summed E-state index contributed by atoms with van der Waals surface area (Å²) in [6, 6.07) is 19.9. The molecule has 210 valence electrons. The van der Waals surface area contributed by atoms with Gasteiger partial charge in [-0.25, -0.2) is 0 Å². The number of carbonyl (C=O) groups excluding carboxylic acids is 1. The molecule has 1 aliphatic heterocycles. The summed E-state index contributed by atoms with van der Waals surface area (Å²) in [6.45, 7) is 13.4. The lowest BCUT2D eigenvalue weighted by Crippen LogP contribution is -2.41. The Morgan fingerprint density at radius 3 is 1.77 bits per heavy atom. The second-order valence-corrected chi connectivity index (χ2v) is 10.9. The topological polar surface area (TPSA) is 42.0 Å². The Hall–Kier alpha value is -3.05. The molecule has 0 radical (unpaired) electrons. The quantitative estimate of drug-likeness (QED) is 0.254. The molecule has 0 bridgehead atoms. The van der Waals surface area contributed by atoms with Crippen LogP contribution in [0.5, 0.6) is 11.5 Å². The second-order valence-electron chi connectivity index (χ2n) is 10.9. The van der Waals surface area contributed by atoms with E-state index in [1.807, 2.05) is 65.6 Å². The Morgan fingerprint density at radius 2 is 1.31 bits per heavy atom. The highest BCUT2D eigenvalue weighted by molar-refractivity contribution is 5.89. The van der Waals surface area contributed by atoms with Crippen LogP contribution in [0.3, 0.4) is 0 Å². The van der Waals surface area contributed by atoms with Gasteiger partial charge in [0.2, 0.25) is 5.91 Å². The minimum Gasteiger partial charge on any atom is -0.461 e. The van der Waals surface area contributed by atoms with Gasteiger partial charge >= 0.3 is 0 Å². The highest BCUT2D eigenvalue weighted by Crippen LogP contribution is 2.53. The summed E-state index contributed by atoms with van der Waals surface area (Å²) >= 11 is 0. The van der Waals surface area contributed by atoms with Crippen molar-refractivity contribution in [3.8, 4) is 11.5 Å². The maximum atomic E-state index is 14.1. The third kappa shape index (κ3) is 6.41. The van der Waals surface area contributed by atoms with Gasteiger partial charge in [0.1, 0.15) is 23.0 Å². The van der Waals surface area contributed by atoms with Crippen LogP contribution in [0.1, 0.15) is 66.2 Å². The normalized spacial score (nSPS) is 17.9. The lowest BCUT2D eigenvalue weighted by Gasteiger charge is -2.42. The van der Waals surface area contributed by atoms with E-state index >= 15 is 0 Å². The number of likely N-dealkylation sites (tertiary alicyclic amines) is 1. The van der Waals surface area contributed by atoms with Crippen LogP contribution in [-0.2, 0) is 4.79 Å². The first-order chi connectivity index (χ1) is 19.0. The van der Waals surface area contributed by atoms with Crippen molar-refractivity contribution in [2.75, 3.05) is 32.7 Å². The third-order valence-electron chi connectivity index (χ3n) is 8.29. The molecule has 0 N–H and O–H groups in total. The summed E-state index contributed by atoms with van der Waals surface area (Å²) < 4.78 is 13.4. The van der Waals surface area contributed by atoms with Crippen molar-refractivity contribution < 1.29 is 14.3 Å². The van der Waals surface area contributed by atoms with Crippen molar-refractivity contribution in [2.24, 2.45) is 10.8 Å². The van der Waals surface area contributed by atoms with Crippen molar-refractivity contribution in [3.05, 3.63) is 84.3 Å². The monoisotopic (exact) mass is 530 g/mol. The molecular formula is C34H46N2O3. The van der Waals surface area contributed by atoms with Gasteiger partial charge in [0.25, 0.3) is 0 Å². The molecule has 5 heteroatoms. The fourth-order valence-corrected chi connectivity index (χ4v) is 6.19. The first-order valence-corrected chi connectivity index (χ1v) is 14.9. The smallest absolute Gasteiger partial charge is 0.236 e. The Bertz CT molecular complexity index is 1050. The number of ether oxygens (including phenoxy) is 2. The van der Waals surface area contributed by atoms with E-state index in [1.165, 1.54) is 0 Å². The van der Waals surface area contributed by atoms with Gasteiger partial charge in [-0.3, -0.25) is 4.79 Å². The maximum absolute atomic E-state index is 14.1. The number of para-hydroxylation sites is 2. The van der Waals surface area contributed by atoms with Gasteiger partial charge in [0, 0.05) is 13.1 Å². The first kappa shape index (κ1) is 28.9. The summed E-state index contributed by atoms with van der Waals surface area (Å²) in [7, 11) is 0. The number of amides is 1. The first-order valence-electron chi connectivity index (χ1n) is 14.9. The molecule has 39 heavy (non-hydrogen) atoms. The summed E-state index contributed by atoms with van der Waals surface area (Å²) in [5.41, 5.74) is -1.19. The lowest BCUT2D eigenvalue weighted by atomic mass is 9.67. The van der Waals surface area contributed by atoms with E-state index < -0.39 is 10.8 Å². The Labute approximate surface area is 235 Å². The molecule has 1 aliphatic carbocycles. The summed E-state index contributed by atoms with van der Waals surface area (Å²) in [5, 5.41) is 0. The standard InChI is InChI=1S/C34H46N2O3/c1-5-20-34(21-6-2)30(38-28-16-11-9-12-17-28)26-33(27-31(34)39-29-18-13-10-14-19-29)22-25-36(32(33)37)24-15-23-35(7-3)8-4/h9-14,16-19,26-27H,5-8,15,20-25H2,1-4H3. The zero-order valence-electron chi connectivity index (χ0n) is 24.3. The highest BCUT2D eigenvalue weighted by Gasteiger charge is 2.53. The van der Waals surface area contributed by atoms with Crippen molar-refractivity contribution in [1.82, 2.24) is 9.80 Å². The van der Waals surface area contributed by atoms with E-state index in [1.54, 1.807) is 0 Å². The van der Waals surface area contributed by atoms with E-state index in [2.05, 4.69) is 44.7 Å². The number of hydrogen-bond acceptors (Lipinski definition) is 4. The number of rotatable bonds is 14. The molecule has 0 aromatic heterocycles. The number of nitrogens with zero attached hydrogens (tertiary/aromatic N) is 2. The maximum Gasteiger partial charge on any atom is 0.236 e. The zero-order chi connectivity index (χ0) is 27.7. The lowest BCUT2D eigenvalue weighted by molar-refractivity contribution is -0.132. The van der Waals surface area contributed by atoms with E-state index in [0.29, 0.717) is 0 Å². The van der Waals surface area contributed by atoms with Gasteiger partial charge in [0.05, 0.1) is 10.8 Å². The molecule has 1 saturated heterocycles. The van der Waals surface area contributed by atoms with Crippen LogP contribution in [0.4, 0.5) is 0 Å². The molecule has 2 aromatic carbocycles. The van der Waals surface area contributed by atoms with Crippen LogP contribution in [0.2, 0.25) is 0 Å². The highest BCUT2D eigenvalue weighted by atomic mass is 16.5. The Balaban J connectivity index is 1.73. The van der Waals surface area contributed by atoms with E-state index in [9.17, 15) is 4.79 Å². The van der Waals surface area contributed by atoms with Crippen LogP contribution >= 0.6 is 0 Å². The Morgan fingerprint density at radius 1 is 0.795 bits per heavy atom. The second kappa shape index (κ2) is 13.3. The Kier molecular flexibility index (Phi) is 9.90. The van der Waals surface area contributed by atoms with Crippen molar-refractivity contribution in [1.29, 1.82) is 0 Å². The molecule has 0 saturated carbocycles. The molecule has 1 spiro atoms. The molecule has 1 fully saturated rings. The van der Waals surface area contributed by atoms with Crippen LogP contribution in [-0.4, -0.2) is 48.4 Å². The zero-order valence-corrected chi connectivity index (χ0v) is 24.3. The minimum atomic E-state index is -0.756. The number of benzene rings is 2. The molecule has 0 atom stereocenters. The summed E-state index contributed by atoms with van der Waals surface area (Å²) in [4.78, 5) is 18.6. The van der Waals surface area contributed by atoms with Gasteiger partial charge in [0.15, 0.2) is 0 Å². The van der Waals surface area contributed by atoms with E-state index in [4.69, 9.17) is 9.47 Å². The summed E-state index contributed by atoms with van der Waals surface area (Å²) in [6.07, 6.45) is 9.73. The molecule has 1 amide bonds. The predicted molar refractivity (Wildman–Crippen MR) is 159 cm³/mol. The van der Waals surface area contributed by atoms with Crippen LogP contribution < -0.4 is 9.47 Å². The summed E-state index contributed by atoms with van der Waals surface area (Å²) in [5.74, 6) is 3.44. The molecule has 4 rings (SSSR count). The fraction of sp³-hybridized carbons (Fsp3) is 0.500. The molecule has 2 aliphatic rings. The van der Waals surface area contributed by atoms with Crippen LogP contribution in [0.15, 0.2) is 84.3 Å². The van der Waals surface area contributed by atoms with Gasteiger partial charge < -0.3 is 19.3 Å². The molecular weight excluding hydrogens is 484 g/mol. The van der Waals surface area contributed by atoms with Crippen molar-refractivity contribution in [2.45, 2.75) is 66.2 Å². The molecule has 0 unspecified atom stereocenters. The molecule has 5 nitrogen and oxygen atoms in total. The van der Waals surface area contributed by atoms with Crippen molar-refractivity contribution >= 4 is 5.91 Å². The largest absolute Gasteiger partial charge is 0.461 e. The molecule has 1 heterocycles. The van der Waals surface area contributed by atoms with Crippen molar-refractivity contribution in [3.63, 3.8) is 0 Å². The average molecular weight is 531 g/mol. The van der Waals surface area contributed by atoms with Crippen LogP contribution in [0, 0.1) is 10.8 Å². The number of carbonyl (C=O) groups is 1. The van der Waals surface area contributed by atoms with Gasteiger partial charge in [-0.15, -0.1) is 0 Å². The average Bonchev–Trinajstić information content (AvgIpc) is 3.25. The van der Waals surface area contributed by atoms with Crippen LogP contribution in [0.25, 0.3) is 0 Å². The van der Waals surface area contributed by atoms with Gasteiger partial charge in [-0.05, 0) is 81.7 Å². The van der Waals surface area contributed by atoms with E-state index in [-0.39, 0.29) is 5.91 Å². The third-order valence-corrected chi connectivity index (χ3v) is 8.29. The van der Waals surface area contributed by atoms with Gasteiger partial charge in [-0.2, -0.15) is 0 Å². The minimum absolute atomic E-state index is 0.159. The molecule has 2 aromatic rings.